The highest BCUT2D eigenvalue weighted by molar-refractivity contribution is 7.21. The lowest BCUT2D eigenvalue weighted by molar-refractivity contribution is 0.102. The highest BCUT2D eigenvalue weighted by Gasteiger charge is 2.15. The summed E-state index contributed by atoms with van der Waals surface area (Å²) < 4.78 is 1.10. The van der Waals surface area contributed by atoms with E-state index in [0.29, 0.717) is 16.3 Å². The monoisotopic (exact) mass is 392 g/mol. The molecule has 0 unspecified atom stereocenters. The minimum absolute atomic E-state index is 0.141. The van der Waals surface area contributed by atoms with Gasteiger partial charge in [-0.15, -0.1) is 11.3 Å². The summed E-state index contributed by atoms with van der Waals surface area (Å²) >= 11 is 7.81. The second-order valence-electron chi connectivity index (χ2n) is 6.45. The topological polar surface area (TPSA) is 42.0 Å². The summed E-state index contributed by atoms with van der Waals surface area (Å²) in [6.07, 6.45) is 0. The largest absolute Gasteiger partial charge is 0.321 e. The molecule has 27 heavy (non-hydrogen) atoms. The van der Waals surface area contributed by atoms with Crippen LogP contribution in [-0.2, 0) is 0 Å². The van der Waals surface area contributed by atoms with Gasteiger partial charge in [0, 0.05) is 16.1 Å². The third-order valence-electron chi connectivity index (χ3n) is 4.38. The third-order valence-corrected chi connectivity index (χ3v) is 5.69. The van der Waals surface area contributed by atoms with Gasteiger partial charge in [0.25, 0.3) is 5.91 Å². The van der Waals surface area contributed by atoms with Gasteiger partial charge in [-0.1, -0.05) is 41.4 Å². The highest BCUT2D eigenvalue weighted by Crippen LogP contribution is 2.36. The zero-order valence-corrected chi connectivity index (χ0v) is 16.5. The maximum absolute atomic E-state index is 12.8. The number of nitrogens with zero attached hydrogens (tertiary/aromatic N) is 1. The van der Waals surface area contributed by atoms with Crippen LogP contribution < -0.4 is 5.32 Å². The van der Waals surface area contributed by atoms with Gasteiger partial charge in [-0.3, -0.25) is 4.79 Å². The van der Waals surface area contributed by atoms with Gasteiger partial charge in [-0.2, -0.15) is 0 Å². The molecule has 4 aromatic rings. The Labute approximate surface area is 166 Å². The van der Waals surface area contributed by atoms with Crippen LogP contribution in [0.15, 0.2) is 60.7 Å². The number of nitrogens with one attached hydrogen (secondary N) is 1. The number of halogens is 1. The van der Waals surface area contributed by atoms with Crippen molar-refractivity contribution >= 4 is 44.7 Å². The molecule has 0 radical (unpaired) electrons. The molecule has 4 rings (SSSR count). The van der Waals surface area contributed by atoms with E-state index in [-0.39, 0.29) is 5.91 Å². The number of carbonyl (C=O) groups is 1. The Bertz CT molecular complexity index is 1130. The van der Waals surface area contributed by atoms with E-state index in [1.165, 1.54) is 0 Å². The second kappa shape index (κ2) is 7.14. The van der Waals surface area contributed by atoms with Gasteiger partial charge in [-0.25, -0.2) is 4.98 Å². The molecule has 3 nitrogen and oxygen atoms in total. The van der Waals surface area contributed by atoms with E-state index in [1.54, 1.807) is 17.4 Å². The number of hydrogen-bond acceptors (Lipinski definition) is 3. The number of hydrogen-bond donors (Lipinski definition) is 1. The molecule has 1 heterocycles. The maximum Gasteiger partial charge on any atom is 0.255 e. The van der Waals surface area contributed by atoms with Crippen molar-refractivity contribution < 1.29 is 4.79 Å². The third kappa shape index (κ3) is 3.59. The SMILES string of the molecule is Cc1ccc(C(=O)Nc2ccc(Cl)cc2-c2nc3ccccc3s2)c(C)c1. The van der Waals surface area contributed by atoms with E-state index in [0.717, 1.165) is 31.9 Å². The molecule has 0 atom stereocenters. The predicted molar refractivity (Wildman–Crippen MR) is 114 cm³/mol. The molecule has 1 amide bonds. The number of benzene rings is 3. The molecule has 0 aliphatic carbocycles. The summed E-state index contributed by atoms with van der Waals surface area (Å²) in [6, 6.07) is 19.2. The number of aryl methyl sites for hydroxylation is 2. The Morgan fingerprint density at radius 2 is 1.85 bits per heavy atom. The van der Waals surface area contributed by atoms with Gasteiger partial charge in [0.1, 0.15) is 5.01 Å². The van der Waals surface area contributed by atoms with Gasteiger partial charge >= 0.3 is 0 Å². The molecule has 0 aliphatic rings. The van der Waals surface area contributed by atoms with Crippen molar-refractivity contribution in [1.29, 1.82) is 0 Å². The Kier molecular flexibility index (Phi) is 4.68. The molecule has 0 aliphatic heterocycles. The lowest BCUT2D eigenvalue weighted by Crippen LogP contribution is -2.14. The summed E-state index contributed by atoms with van der Waals surface area (Å²) in [5, 5.41) is 4.46. The standard InChI is InChI=1S/C22H17ClN2OS/c1-13-7-9-16(14(2)11-13)21(26)24-18-10-8-15(23)12-17(18)22-25-19-5-3-4-6-20(19)27-22/h3-12H,1-2H3,(H,24,26). The first-order valence-electron chi connectivity index (χ1n) is 8.55. The van der Waals surface area contributed by atoms with Crippen molar-refractivity contribution in [2.45, 2.75) is 13.8 Å². The quantitative estimate of drug-likeness (QED) is 0.433. The van der Waals surface area contributed by atoms with Crippen LogP contribution in [-0.4, -0.2) is 10.9 Å². The average Bonchev–Trinajstić information content (AvgIpc) is 3.07. The van der Waals surface area contributed by atoms with Crippen molar-refractivity contribution in [2.24, 2.45) is 0 Å². The van der Waals surface area contributed by atoms with Crippen molar-refractivity contribution in [3.63, 3.8) is 0 Å². The number of amides is 1. The first kappa shape index (κ1) is 17.7. The van der Waals surface area contributed by atoms with Crippen LogP contribution >= 0.6 is 22.9 Å². The number of para-hydroxylation sites is 1. The van der Waals surface area contributed by atoms with Crippen molar-refractivity contribution in [1.82, 2.24) is 4.98 Å². The Morgan fingerprint density at radius 3 is 2.63 bits per heavy atom. The van der Waals surface area contributed by atoms with Gasteiger partial charge in [0.05, 0.1) is 15.9 Å². The van der Waals surface area contributed by atoms with Crippen LogP contribution in [0.1, 0.15) is 21.5 Å². The fourth-order valence-corrected chi connectivity index (χ4v) is 4.22. The van der Waals surface area contributed by atoms with Gasteiger partial charge < -0.3 is 5.32 Å². The van der Waals surface area contributed by atoms with Crippen molar-refractivity contribution in [2.75, 3.05) is 5.32 Å². The normalized spacial score (nSPS) is 10.9. The first-order chi connectivity index (χ1) is 13.0. The second-order valence-corrected chi connectivity index (χ2v) is 7.92. The smallest absolute Gasteiger partial charge is 0.255 e. The van der Waals surface area contributed by atoms with Crippen LogP contribution in [0.25, 0.3) is 20.8 Å². The van der Waals surface area contributed by atoms with E-state index in [9.17, 15) is 4.79 Å². The number of rotatable bonds is 3. The first-order valence-corrected chi connectivity index (χ1v) is 9.75. The Morgan fingerprint density at radius 1 is 1.04 bits per heavy atom. The lowest BCUT2D eigenvalue weighted by atomic mass is 10.0. The molecule has 0 bridgehead atoms. The summed E-state index contributed by atoms with van der Waals surface area (Å²) in [7, 11) is 0. The van der Waals surface area contributed by atoms with Crippen LogP contribution in [0.5, 0.6) is 0 Å². The number of fused-ring (bicyclic) bond motifs is 1. The van der Waals surface area contributed by atoms with E-state index in [4.69, 9.17) is 16.6 Å². The number of aromatic nitrogens is 1. The zero-order valence-electron chi connectivity index (χ0n) is 14.9. The van der Waals surface area contributed by atoms with Crippen molar-refractivity contribution in [3.05, 3.63) is 82.4 Å². The molecule has 0 fully saturated rings. The Balaban J connectivity index is 1.74. The van der Waals surface area contributed by atoms with Gasteiger partial charge in [0.2, 0.25) is 0 Å². The maximum atomic E-state index is 12.8. The summed E-state index contributed by atoms with van der Waals surface area (Å²) in [6.45, 7) is 3.96. The lowest BCUT2D eigenvalue weighted by Gasteiger charge is -2.12. The zero-order chi connectivity index (χ0) is 19.0. The number of anilines is 1. The number of thiazole rings is 1. The summed E-state index contributed by atoms with van der Waals surface area (Å²) in [5.41, 5.74) is 5.19. The van der Waals surface area contributed by atoms with Crippen LogP contribution in [0.2, 0.25) is 5.02 Å². The minimum atomic E-state index is -0.141. The molecule has 1 aromatic heterocycles. The molecule has 1 N–H and O–H groups in total. The summed E-state index contributed by atoms with van der Waals surface area (Å²) in [4.78, 5) is 17.5. The van der Waals surface area contributed by atoms with Crippen LogP contribution in [0, 0.1) is 13.8 Å². The predicted octanol–water partition coefficient (Wildman–Crippen LogP) is 6.49. The van der Waals surface area contributed by atoms with Gasteiger partial charge in [-0.05, 0) is 55.8 Å². The molecule has 5 heteroatoms. The molecule has 134 valence electrons. The number of carbonyl (C=O) groups excluding carboxylic acids is 1. The fraction of sp³-hybridized carbons (Fsp3) is 0.0909. The average molecular weight is 393 g/mol. The fourth-order valence-electron chi connectivity index (χ4n) is 3.05. The molecular formula is C22H17ClN2OS. The molecule has 0 saturated heterocycles. The van der Waals surface area contributed by atoms with E-state index in [1.807, 2.05) is 68.4 Å². The summed E-state index contributed by atoms with van der Waals surface area (Å²) in [5.74, 6) is -0.141. The van der Waals surface area contributed by atoms with E-state index in [2.05, 4.69) is 5.32 Å². The highest BCUT2D eigenvalue weighted by atomic mass is 35.5. The van der Waals surface area contributed by atoms with E-state index >= 15 is 0 Å². The molecule has 0 spiro atoms. The molecule has 0 saturated carbocycles. The van der Waals surface area contributed by atoms with E-state index < -0.39 is 0 Å². The Hall–Kier alpha value is -2.69. The minimum Gasteiger partial charge on any atom is -0.321 e. The van der Waals surface area contributed by atoms with Crippen LogP contribution in [0.3, 0.4) is 0 Å². The van der Waals surface area contributed by atoms with Crippen molar-refractivity contribution in [3.8, 4) is 10.6 Å². The molecular weight excluding hydrogens is 376 g/mol. The van der Waals surface area contributed by atoms with Gasteiger partial charge in [0.15, 0.2) is 0 Å². The molecule has 3 aromatic carbocycles. The van der Waals surface area contributed by atoms with Crippen LogP contribution in [0.4, 0.5) is 5.69 Å².